The summed E-state index contributed by atoms with van der Waals surface area (Å²) in [4.78, 5) is 10.9. The largest absolute Gasteiger partial charge is 0.487 e. The molecule has 1 N–H and O–H groups in total. The van der Waals surface area contributed by atoms with E-state index in [0.29, 0.717) is 23.0 Å². The van der Waals surface area contributed by atoms with Crippen molar-refractivity contribution in [2.24, 2.45) is 0 Å². The predicted molar refractivity (Wildman–Crippen MR) is 70.6 cm³/mol. The number of nitrogens with zero attached hydrogens (tertiary/aromatic N) is 2. The molecule has 0 amide bonds. The fourth-order valence-electron chi connectivity index (χ4n) is 1.66. The Kier molecular flexibility index (Phi) is 4.06. The molecule has 0 spiro atoms. The van der Waals surface area contributed by atoms with Crippen molar-refractivity contribution in [2.45, 2.75) is 20.1 Å². The number of aromatic nitrogens is 2. The van der Waals surface area contributed by atoms with E-state index in [-0.39, 0.29) is 12.3 Å². The Hall–Kier alpha value is -2.01. The van der Waals surface area contributed by atoms with Gasteiger partial charge >= 0.3 is 5.97 Å². The van der Waals surface area contributed by atoms with Crippen LogP contribution in [0.1, 0.15) is 23.1 Å². The SMILES string of the molecule is CCn1nc(C(=O)O)cc1COc1cccc(Cl)c1. The first-order valence-corrected chi connectivity index (χ1v) is 6.16. The van der Waals surface area contributed by atoms with Gasteiger partial charge in [0.15, 0.2) is 5.69 Å². The predicted octanol–water partition coefficient (Wildman–Crippen LogP) is 2.83. The molecule has 1 aromatic heterocycles. The molecule has 0 fully saturated rings. The number of ether oxygens (including phenoxy) is 1. The molecular weight excluding hydrogens is 268 g/mol. The first-order chi connectivity index (χ1) is 9.10. The van der Waals surface area contributed by atoms with Crippen LogP contribution in [-0.2, 0) is 13.2 Å². The van der Waals surface area contributed by atoms with Crippen LogP contribution < -0.4 is 4.74 Å². The van der Waals surface area contributed by atoms with Crippen LogP contribution in [0, 0.1) is 0 Å². The molecule has 0 atom stereocenters. The van der Waals surface area contributed by atoms with Crippen molar-refractivity contribution in [3.8, 4) is 5.75 Å². The smallest absolute Gasteiger partial charge is 0.356 e. The van der Waals surface area contributed by atoms with Gasteiger partial charge in [-0.15, -0.1) is 0 Å². The zero-order valence-electron chi connectivity index (χ0n) is 10.3. The van der Waals surface area contributed by atoms with Gasteiger partial charge in [0.25, 0.3) is 0 Å². The molecule has 0 aliphatic rings. The van der Waals surface area contributed by atoms with Crippen LogP contribution >= 0.6 is 11.6 Å². The lowest BCUT2D eigenvalue weighted by Gasteiger charge is -2.07. The van der Waals surface area contributed by atoms with Crippen LogP contribution in [0.25, 0.3) is 0 Å². The summed E-state index contributed by atoms with van der Waals surface area (Å²) in [5.41, 5.74) is 0.728. The van der Waals surface area contributed by atoms with Gasteiger partial charge in [0.05, 0.1) is 5.69 Å². The number of carbonyl (C=O) groups is 1. The Morgan fingerprint density at radius 3 is 2.89 bits per heavy atom. The van der Waals surface area contributed by atoms with E-state index in [0.717, 1.165) is 0 Å². The second-order valence-corrected chi connectivity index (χ2v) is 4.32. The average molecular weight is 281 g/mol. The summed E-state index contributed by atoms with van der Waals surface area (Å²) in [7, 11) is 0. The summed E-state index contributed by atoms with van der Waals surface area (Å²) in [6.45, 7) is 2.72. The number of aryl methyl sites for hydroxylation is 1. The van der Waals surface area contributed by atoms with Gasteiger partial charge in [-0.1, -0.05) is 17.7 Å². The van der Waals surface area contributed by atoms with Crippen molar-refractivity contribution in [1.82, 2.24) is 9.78 Å². The topological polar surface area (TPSA) is 64.4 Å². The van der Waals surface area contributed by atoms with Crippen LogP contribution in [0.3, 0.4) is 0 Å². The minimum absolute atomic E-state index is 0.0199. The zero-order chi connectivity index (χ0) is 13.8. The fraction of sp³-hybridized carbons (Fsp3) is 0.231. The molecule has 0 aliphatic carbocycles. The number of hydrogen-bond acceptors (Lipinski definition) is 3. The van der Waals surface area contributed by atoms with E-state index in [1.54, 1.807) is 28.9 Å². The highest BCUT2D eigenvalue weighted by Gasteiger charge is 2.12. The number of hydrogen-bond donors (Lipinski definition) is 1. The second kappa shape index (κ2) is 5.75. The molecule has 0 unspecified atom stereocenters. The normalized spacial score (nSPS) is 10.4. The summed E-state index contributed by atoms with van der Waals surface area (Å²) in [6, 6.07) is 8.55. The number of benzene rings is 1. The number of carboxylic acid groups (broad SMARTS) is 1. The lowest BCUT2D eigenvalue weighted by Crippen LogP contribution is -2.06. The third-order valence-electron chi connectivity index (χ3n) is 2.56. The summed E-state index contributed by atoms with van der Waals surface area (Å²) >= 11 is 5.86. The molecule has 0 radical (unpaired) electrons. The second-order valence-electron chi connectivity index (χ2n) is 3.89. The number of carboxylic acids is 1. The molecule has 100 valence electrons. The Morgan fingerprint density at radius 2 is 2.26 bits per heavy atom. The van der Waals surface area contributed by atoms with Crippen LogP contribution in [0.5, 0.6) is 5.75 Å². The third-order valence-corrected chi connectivity index (χ3v) is 2.80. The lowest BCUT2D eigenvalue weighted by molar-refractivity contribution is 0.0689. The van der Waals surface area contributed by atoms with E-state index in [2.05, 4.69) is 5.10 Å². The maximum Gasteiger partial charge on any atom is 0.356 e. The fourth-order valence-corrected chi connectivity index (χ4v) is 1.84. The summed E-state index contributed by atoms with van der Waals surface area (Å²) in [6.07, 6.45) is 0. The van der Waals surface area contributed by atoms with Gasteiger partial charge < -0.3 is 9.84 Å². The van der Waals surface area contributed by atoms with Gasteiger partial charge in [0, 0.05) is 11.6 Å². The maximum absolute atomic E-state index is 10.9. The Balaban J connectivity index is 2.12. The first-order valence-electron chi connectivity index (χ1n) is 5.78. The van der Waals surface area contributed by atoms with Crippen LogP contribution in [0.15, 0.2) is 30.3 Å². The summed E-state index contributed by atoms with van der Waals surface area (Å²) < 4.78 is 7.18. The number of rotatable bonds is 5. The Bertz CT molecular complexity index is 595. The van der Waals surface area contributed by atoms with Crippen molar-refractivity contribution < 1.29 is 14.6 Å². The lowest BCUT2D eigenvalue weighted by atomic mass is 10.3. The quantitative estimate of drug-likeness (QED) is 0.915. The molecule has 1 heterocycles. The van der Waals surface area contributed by atoms with E-state index in [4.69, 9.17) is 21.4 Å². The molecule has 0 aliphatic heterocycles. The molecule has 6 heteroatoms. The zero-order valence-corrected chi connectivity index (χ0v) is 11.1. The monoisotopic (exact) mass is 280 g/mol. The Labute approximate surface area is 115 Å². The van der Waals surface area contributed by atoms with Crippen LogP contribution in [-0.4, -0.2) is 20.9 Å². The Morgan fingerprint density at radius 1 is 1.47 bits per heavy atom. The molecule has 0 saturated heterocycles. The van der Waals surface area contributed by atoms with Crippen LogP contribution in [0.4, 0.5) is 0 Å². The average Bonchev–Trinajstić information content (AvgIpc) is 2.80. The van der Waals surface area contributed by atoms with Crippen molar-refractivity contribution in [3.63, 3.8) is 0 Å². The van der Waals surface area contributed by atoms with Crippen molar-refractivity contribution in [3.05, 3.63) is 46.7 Å². The minimum Gasteiger partial charge on any atom is -0.487 e. The van der Waals surface area contributed by atoms with Gasteiger partial charge in [-0.25, -0.2) is 4.79 Å². The van der Waals surface area contributed by atoms with E-state index in [1.165, 1.54) is 6.07 Å². The molecule has 2 rings (SSSR count). The highest BCUT2D eigenvalue weighted by atomic mass is 35.5. The molecule has 5 nitrogen and oxygen atoms in total. The van der Waals surface area contributed by atoms with Crippen LogP contribution in [0.2, 0.25) is 5.02 Å². The number of aromatic carboxylic acids is 1. The summed E-state index contributed by atoms with van der Waals surface area (Å²) in [5.74, 6) is -0.413. The van der Waals surface area contributed by atoms with Gasteiger partial charge in [-0.3, -0.25) is 4.68 Å². The first kappa shape index (κ1) is 13.4. The molecule has 19 heavy (non-hydrogen) atoms. The van der Waals surface area contributed by atoms with Crippen molar-refractivity contribution in [2.75, 3.05) is 0 Å². The van der Waals surface area contributed by atoms with Crippen molar-refractivity contribution >= 4 is 17.6 Å². The number of halogens is 1. The molecule has 1 aromatic carbocycles. The van der Waals surface area contributed by atoms with E-state index in [9.17, 15) is 4.79 Å². The maximum atomic E-state index is 10.9. The van der Waals surface area contributed by atoms with E-state index in [1.807, 2.05) is 6.92 Å². The van der Waals surface area contributed by atoms with Gasteiger partial charge in [-0.05, 0) is 31.2 Å². The molecule has 0 bridgehead atoms. The van der Waals surface area contributed by atoms with Gasteiger partial charge in [0.1, 0.15) is 12.4 Å². The van der Waals surface area contributed by atoms with E-state index >= 15 is 0 Å². The molecule has 2 aromatic rings. The summed E-state index contributed by atoms with van der Waals surface area (Å²) in [5, 5.41) is 13.5. The standard InChI is InChI=1S/C13H13ClN2O3/c1-2-16-10(7-12(15-16)13(17)18)8-19-11-5-3-4-9(14)6-11/h3-7H,2,8H2,1H3,(H,17,18). The third kappa shape index (κ3) is 3.26. The molecular formula is C13H13ClN2O3. The van der Waals surface area contributed by atoms with E-state index < -0.39 is 5.97 Å². The highest BCUT2D eigenvalue weighted by molar-refractivity contribution is 6.30. The van der Waals surface area contributed by atoms with Crippen molar-refractivity contribution in [1.29, 1.82) is 0 Å². The highest BCUT2D eigenvalue weighted by Crippen LogP contribution is 2.18. The van der Waals surface area contributed by atoms with Gasteiger partial charge in [-0.2, -0.15) is 5.10 Å². The minimum atomic E-state index is -1.05. The molecule has 0 saturated carbocycles. The van der Waals surface area contributed by atoms with Gasteiger partial charge in [0.2, 0.25) is 0 Å².